The Labute approximate surface area is 243 Å². The van der Waals surface area contributed by atoms with Crippen LogP contribution in [0, 0.1) is 10.8 Å². The molecule has 0 heterocycles. The summed E-state index contributed by atoms with van der Waals surface area (Å²) in [6.07, 6.45) is 4.97. The van der Waals surface area contributed by atoms with Crippen molar-refractivity contribution in [1.29, 1.82) is 0 Å². The first-order valence-corrected chi connectivity index (χ1v) is 14.2. The van der Waals surface area contributed by atoms with Crippen LogP contribution in [0.25, 0.3) is 0 Å². The Hall–Kier alpha value is -3.88. The molecule has 3 amide bonds. The predicted octanol–water partition coefficient (Wildman–Crippen LogP) is 5.10. The molecule has 9 nitrogen and oxygen atoms in total. The number of amides is 3. The lowest BCUT2D eigenvalue weighted by Crippen LogP contribution is -2.58. The maximum atomic E-state index is 13.1. The number of rotatable bonds is 8. The van der Waals surface area contributed by atoms with Crippen LogP contribution in [0.3, 0.4) is 0 Å². The van der Waals surface area contributed by atoms with Crippen molar-refractivity contribution in [3.63, 3.8) is 0 Å². The molecule has 2 aromatic rings. The number of ether oxygens (including phenoxy) is 1. The fourth-order valence-corrected chi connectivity index (χ4v) is 4.50. The Kier molecular flexibility index (Phi) is 10.5. The fraction of sp³-hybridized carbons (Fsp3) is 0.500. The number of esters is 1. The predicted molar refractivity (Wildman–Crippen MR) is 160 cm³/mol. The highest BCUT2D eigenvalue weighted by atomic mass is 16.5. The van der Waals surface area contributed by atoms with Gasteiger partial charge in [0.25, 0.3) is 0 Å². The van der Waals surface area contributed by atoms with E-state index in [1.807, 2.05) is 51.1 Å². The van der Waals surface area contributed by atoms with Crippen LogP contribution in [0.15, 0.2) is 53.5 Å². The lowest BCUT2D eigenvalue weighted by molar-refractivity contribution is -0.143. The second kappa shape index (κ2) is 13.7. The van der Waals surface area contributed by atoms with E-state index in [4.69, 9.17) is 9.73 Å². The normalized spacial score (nSPS) is 18.4. The zero-order chi connectivity index (χ0) is 30.2. The molecule has 0 saturated heterocycles. The van der Waals surface area contributed by atoms with E-state index in [1.165, 1.54) is 12.1 Å². The molecule has 222 valence electrons. The number of hydrogen-bond acceptors (Lipinski definition) is 6. The van der Waals surface area contributed by atoms with Crippen molar-refractivity contribution < 1.29 is 24.2 Å². The summed E-state index contributed by atoms with van der Waals surface area (Å²) in [7, 11) is 0. The second-order valence-corrected chi connectivity index (χ2v) is 12.7. The summed E-state index contributed by atoms with van der Waals surface area (Å²) in [5, 5.41) is 19.2. The van der Waals surface area contributed by atoms with Gasteiger partial charge >= 0.3 is 12.0 Å². The molecular weight excluding hydrogens is 520 g/mol. The van der Waals surface area contributed by atoms with Gasteiger partial charge in [-0.3, -0.25) is 14.6 Å². The summed E-state index contributed by atoms with van der Waals surface area (Å²) in [5.74, 6) is -0.300. The van der Waals surface area contributed by atoms with Gasteiger partial charge in [-0.25, -0.2) is 4.79 Å². The summed E-state index contributed by atoms with van der Waals surface area (Å²) in [6.45, 7) is 11.4. The number of carbonyl (C=O) groups excluding carboxylic acids is 3. The molecule has 9 heteroatoms. The zero-order valence-electron chi connectivity index (χ0n) is 25.0. The number of nitrogens with one attached hydrogen (secondary N) is 3. The molecule has 4 N–H and O–H groups in total. The summed E-state index contributed by atoms with van der Waals surface area (Å²) in [4.78, 5) is 43.1. The van der Waals surface area contributed by atoms with E-state index >= 15 is 0 Å². The molecule has 1 aliphatic carbocycles. The van der Waals surface area contributed by atoms with Gasteiger partial charge in [0, 0.05) is 18.3 Å². The Morgan fingerprint density at radius 3 is 2.37 bits per heavy atom. The maximum absolute atomic E-state index is 13.1. The molecule has 0 spiro atoms. The first-order valence-electron chi connectivity index (χ1n) is 14.2. The van der Waals surface area contributed by atoms with Gasteiger partial charge in [-0.15, -0.1) is 0 Å². The maximum Gasteiger partial charge on any atom is 0.316 e. The van der Waals surface area contributed by atoms with Crippen LogP contribution in [0.4, 0.5) is 4.79 Å². The largest absolute Gasteiger partial charge is 0.507 e. The molecule has 3 rings (SSSR count). The van der Waals surface area contributed by atoms with Crippen molar-refractivity contribution in [2.45, 2.75) is 91.9 Å². The third kappa shape index (κ3) is 9.62. The fourth-order valence-electron chi connectivity index (χ4n) is 4.50. The van der Waals surface area contributed by atoms with Gasteiger partial charge in [-0.1, -0.05) is 63.9 Å². The molecule has 3 atom stereocenters. The number of carbonyl (C=O) groups is 3. The quantitative estimate of drug-likeness (QED) is 0.201. The van der Waals surface area contributed by atoms with Gasteiger partial charge in [0.1, 0.15) is 17.5 Å². The molecule has 0 bridgehead atoms. The van der Waals surface area contributed by atoms with Crippen LogP contribution in [-0.4, -0.2) is 47.4 Å². The number of benzene rings is 2. The van der Waals surface area contributed by atoms with Crippen molar-refractivity contribution in [3.05, 3.63) is 59.7 Å². The van der Waals surface area contributed by atoms with Crippen molar-refractivity contribution in [2.24, 2.45) is 15.8 Å². The van der Waals surface area contributed by atoms with E-state index in [0.29, 0.717) is 17.9 Å². The first kappa shape index (κ1) is 31.6. The number of hydrogen-bond donors (Lipinski definition) is 4. The van der Waals surface area contributed by atoms with Gasteiger partial charge in [0.2, 0.25) is 5.91 Å². The van der Waals surface area contributed by atoms with E-state index in [2.05, 4.69) is 16.0 Å². The molecule has 1 unspecified atom stereocenters. The summed E-state index contributed by atoms with van der Waals surface area (Å²) < 4.78 is 5.46. The minimum atomic E-state index is -0.743. The average molecular weight is 565 g/mol. The summed E-state index contributed by atoms with van der Waals surface area (Å²) in [6, 6.07) is 12.6. The Morgan fingerprint density at radius 1 is 1.02 bits per heavy atom. The second-order valence-electron chi connectivity index (χ2n) is 12.7. The van der Waals surface area contributed by atoms with E-state index in [1.54, 1.807) is 33.1 Å². The highest BCUT2D eigenvalue weighted by Gasteiger charge is 2.34. The summed E-state index contributed by atoms with van der Waals surface area (Å²) >= 11 is 0. The van der Waals surface area contributed by atoms with Crippen LogP contribution in [0.2, 0.25) is 0 Å². The number of aromatic hydroxyl groups is 1. The number of urea groups is 1. The molecule has 0 aromatic heterocycles. The van der Waals surface area contributed by atoms with Gasteiger partial charge in [0.15, 0.2) is 0 Å². The Bertz CT molecular complexity index is 1230. The minimum absolute atomic E-state index is 0.0110. The number of phenols is 1. The zero-order valence-corrected chi connectivity index (χ0v) is 25.0. The third-order valence-corrected chi connectivity index (χ3v) is 6.99. The van der Waals surface area contributed by atoms with Crippen molar-refractivity contribution in [2.75, 3.05) is 0 Å². The average Bonchev–Trinajstić information content (AvgIpc) is 2.90. The third-order valence-electron chi connectivity index (χ3n) is 6.99. The van der Waals surface area contributed by atoms with E-state index in [0.717, 1.165) is 31.2 Å². The smallest absolute Gasteiger partial charge is 0.316 e. The van der Waals surface area contributed by atoms with Crippen molar-refractivity contribution >= 4 is 24.1 Å². The number of nitrogens with zero attached hydrogens (tertiary/aromatic N) is 1. The molecule has 0 aliphatic heterocycles. The lowest BCUT2D eigenvalue weighted by atomic mass is 9.86. The Morgan fingerprint density at radius 2 is 1.71 bits per heavy atom. The van der Waals surface area contributed by atoms with Gasteiger partial charge in [-0.05, 0) is 62.8 Å². The van der Waals surface area contributed by atoms with Gasteiger partial charge in [0.05, 0.1) is 17.5 Å². The van der Waals surface area contributed by atoms with Crippen LogP contribution in [0.1, 0.15) is 78.4 Å². The first-order chi connectivity index (χ1) is 19.2. The highest BCUT2D eigenvalue weighted by molar-refractivity contribution is 5.88. The minimum Gasteiger partial charge on any atom is -0.507 e. The standard InChI is InChI=1S/C32H44N4O5/c1-31(2,3)27(28(38)34-19-21-12-8-7-9-13-21)36-30(40)35-25-15-11-10-14-24(25)33-20-22-18-23(16-17-26(22)37)41-29(39)32(4,5)6/h7-9,12-13,16-18,20,24-25,27,37H,10-11,14-15,19H2,1-6H3,(H,34,38)(H2,35,36,40)/b33-20+/t24-,25?,27-/m0/s1. The van der Waals surface area contributed by atoms with E-state index in [-0.39, 0.29) is 29.7 Å². The monoisotopic (exact) mass is 564 g/mol. The number of phenolic OH excluding ortho intramolecular Hbond substituents is 1. The molecule has 1 fully saturated rings. The topological polar surface area (TPSA) is 129 Å². The Balaban J connectivity index is 1.65. The van der Waals surface area contributed by atoms with Crippen molar-refractivity contribution in [1.82, 2.24) is 16.0 Å². The van der Waals surface area contributed by atoms with Gasteiger partial charge < -0.3 is 25.8 Å². The number of aliphatic imine (C=N–C) groups is 1. The van der Waals surface area contributed by atoms with Crippen LogP contribution in [0.5, 0.6) is 11.5 Å². The van der Waals surface area contributed by atoms with Gasteiger partial charge in [-0.2, -0.15) is 0 Å². The molecule has 1 saturated carbocycles. The molecule has 41 heavy (non-hydrogen) atoms. The van der Waals surface area contributed by atoms with Crippen LogP contribution < -0.4 is 20.7 Å². The molecule has 2 aromatic carbocycles. The molecular formula is C32H44N4O5. The van der Waals surface area contributed by atoms with Crippen LogP contribution in [-0.2, 0) is 16.1 Å². The van der Waals surface area contributed by atoms with Crippen LogP contribution >= 0.6 is 0 Å². The van der Waals surface area contributed by atoms with E-state index < -0.39 is 22.9 Å². The molecule has 0 radical (unpaired) electrons. The van der Waals surface area contributed by atoms with Crippen molar-refractivity contribution in [3.8, 4) is 11.5 Å². The lowest BCUT2D eigenvalue weighted by Gasteiger charge is -2.33. The summed E-state index contributed by atoms with van der Waals surface area (Å²) in [5.41, 5.74) is 0.217. The van der Waals surface area contributed by atoms with E-state index in [9.17, 15) is 19.5 Å². The highest BCUT2D eigenvalue weighted by Crippen LogP contribution is 2.26. The SMILES string of the molecule is CC(C)(C)C(=O)Oc1ccc(O)c(/C=N/[C@H]2CCCCC2NC(=O)N[C@@H](C(=O)NCc2ccccc2)C(C)(C)C)c1. The molecule has 1 aliphatic rings.